The monoisotopic (exact) mass is 247 g/mol. The first kappa shape index (κ1) is 13.0. The van der Waals surface area contributed by atoms with Crippen LogP contribution < -0.4 is 5.32 Å². The molecule has 4 heteroatoms. The molecule has 4 nitrogen and oxygen atoms in total. The van der Waals surface area contributed by atoms with E-state index in [9.17, 15) is 4.79 Å². The normalized spacial score (nSPS) is 17.2. The fourth-order valence-corrected chi connectivity index (χ4v) is 2.19. The van der Waals surface area contributed by atoms with Crippen LogP contribution in [0.3, 0.4) is 0 Å². The Morgan fingerprint density at radius 3 is 2.94 bits per heavy atom. The predicted molar refractivity (Wildman–Crippen MR) is 71.1 cm³/mol. The number of hydrogen-bond acceptors (Lipinski definition) is 3. The summed E-state index contributed by atoms with van der Waals surface area (Å²) in [6.45, 7) is 6.62. The van der Waals surface area contributed by atoms with Gasteiger partial charge in [0.2, 0.25) is 5.91 Å². The number of likely N-dealkylation sites (tertiary alicyclic amines) is 1. The summed E-state index contributed by atoms with van der Waals surface area (Å²) in [6, 6.07) is 4.42. The zero-order valence-corrected chi connectivity index (χ0v) is 11.1. The minimum absolute atomic E-state index is 0.292. The van der Waals surface area contributed by atoms with Crippen molar-refractivity contribution in [1.82, 2.24) is 15.2 Å². The maximum atomic E-state index is 11.5. The van der Waals surface area contributed by atoms with Crippen LogP contribution in [0.15, 0.2) is 18.3 Å². The highest BCUT2D eigenvalue weighted by molar-refractivity contribution is 5.78. The summed E-state index contributed by atoms with van der Waals surface area (Å²) in [6.07, 6.45) is 3.62. The lowest BCUT2D eigenvalue weighted by Gasteiger charge is -2.21. The van der Waals surface area contributed by atoms with Crippen molar-refractivity contribution < 1.29 is 4.79 Å². The molecule has 1 atom stereocenters. The second-order valence-electron chi connectivity index (χ2n) is 5.03. The third-order valence-corrected chi connectivity index (χ3v) is 3.29. The molecule has 0 bridgehead atoms. The van der Waals surface area contributed by atoms with E-state index in [4.69, 9.17) is 0 Å². The van der Waals surface area contributed by atoms with E-state index >= 15 is 0 Å². The number of hydrogen-bond donors (Lipinski definition) is 1. The van der Waals surface area contributed by atoms with Gasteiger partial charge in [-0.3, -0.25) is 9.78 Å². The highest BCUT2D eigenvalue weighted by Gasteiger charge is 2.21. The number of pyridine rings is 1. The standard InChI is InChI=1S/C14H21N3O/c1-11-5-6-13(8-15-11)9-16-12(2)10-17-7-3-4-14(17)18/h5-6,8,12,16H,3-4,7,9-10H2,1-2H3. The van der Waals surface area contributed by atoms with Crippen molar-refractivity contribution in [3.05, 3.63) is 29.6 Å². The van der Waals surface area contributed by atoms with Crippen LogP contribution >= 0.6 is 0 Å². The summed E-state index contributed by atoms with van der Waals surface area (Å²) in [5.74, 6) is 0.292. The van der Waals surface area contributed by atoms with Crippen LogP contribution in [-0.2, 0) is 11.3 Å². The molecule has 1 saturated heterocycles. The third-order valence-electron chi connectivity index (χ3n) is 3.29. The molecule has 2 heterocycles. The maximum Gasteiger partial charge on any atom is 0.222 e. The Bertz CT molecular complexity index is 402. The number of amides is 1. The number of aryl methyl sites for hydroxylation is 1. The molecule has 0 aliphatic carbocycles. The van der Waals surface area contributed by atoms with Crippen molar-refractivity contribution in [2.45, 2.75) is 39.3 Å². The fourth-order valence-electron chi connectivity index (χ4n) is 2.19. The zero-order valence-electron chi connectivity index (χ0n) is 11.1. The smallest absolute Gasteiger partial charge is 0.222 e. The van der Waals surface area contributed by atoms with E-state index in [1.807, 2.05) is 24.1 Å². The lowest BCUT2D eigenvalue weighted by Crippen LogP contribution is -2.39. The molecule has 1 amide bonds. The van der Waals surface area contributed by atoms with Gasteiger partial charge in [-0.15, -0.1) is 0 Å². The van der Waals surface area contributed by atoms with Gasteiger partial charge in [-0.25, -0.2) is 0 Å². The van der Waals surface area contributed by atoms with Gasteiger partial charge in [-0.05, 0) is 31.9 Å². The van der Waals surface area contributed by atoms with E-state index in [-0.39, 0.29) is 0 Å². The van der Waals surface area contributed by atoms with Gasteiger partial charge >= 0.3 is 0 Å². The lowest BCUT2D eigenvalue weighted by molar-refractivity contribution is -0.127. The van der Waals surface area contributed by atoms with Crippen LogP contribution in [0.25, 0.3) is 0 Å². The SMILES string of the molecule is Cc1ccc(CNC(C)CN2CCCC2=O)cn1. The first-order chi connectivity index (χ1) is 8.65. The molecule has 1 N–H and O–H groups in total. The van der Waals surface area contributed by atoms with Gasteiger partial charge in [0.25, 0.3) is 0 Å². The first-order valence-electron chi connectivity index (χ1n) is 6.58. The van der Waals surface area contributed by atoms with Gasteiger partial charge in [-0.1, -0.05) is 6.07 Å². The van der Waals surface area contributed by atoms with Gasteiger partial charge in [-0.2, -0.15) is 0 Å². The molecule has 0 aromatic carbocycles. The Labute approximate surface area is 108 Å². The fraction of sp³-hybridized carbons (Fsp3) is 0.571. The molecule has 1 aliphatic heterocycles. The Balaban J connectivity index is 1.76. The van der Waals surface area contributed by atoms with Crippen LogP contribution in [0, 0.1) is 6.92 Å². The molecule has 98 valence electrons. The summed E-state index contributed by atoms with van der Waals surface area (Å²) in [4.78, 5) is 17.7. The summed E-state index contributed by atoms with van der Waals surface area (Å²) >= 11 is 0. The van der Waals surface area contributed by atoms with Crippen LogP contribution in [0.5, 0.6) is 0 Å². The van der Waals surface area contributed by atoms with Crippen molar-refractivity contribution in [3.8, 4) is 0 Å². The molecule has 0 saturated carbocycles. The highest BCUT2D eigenvalue weighted by atomic mass is 16.2. The van der Waals surface area contributed by atoms with Crippen molar-refractivity contribution in [1.29, 1.82) is 0 Å². The number of nitrogens with zero attached hydrogens (tertiary/aromatic N) is 2. The van der Waals surface area contributed by atoms with E-state index in [1.165, 1.54) is 5.56 Å². The Morgan fingerprint density at radius 1 is 1.50 bits per heavy atom. The van der Waals surface area contributed by atoms with Crippen molar-refractivity contribution in [2.75, 3.05) is 13.1 Å². The lowest BCUT2D eigenvalue weighted by atomic mass is 10.2. The minimum atomic E-state index is 0.292. The van der Waals surface area contributed by atoms with E-state index in [1.54, 1.807) is 0 Å². The van der Waals surface area contributed by atoms with Gasteiger partial charge in [0.1, 0.15) is 0 Å². The molecule has 0 radical (unpaired) electrons. The van der Waals surface area contributed by atoms with Crippen molar-refractivity contribution in [3.63, 3.8) is 0 Å². The third kappa shape index (κ3) is 3.53. The van der Waals surface area contributed by atoms with Crippen LogP contribution in [0.2, 0.25) is 0 Å². The van der Waals surface area contributed by atoms with Gasteiger partial charge in [0.05, 0.1) is 0 Å². The van der Waals surface area contributed by atoms with Crippen molar-refractivity contribution in [2.24, 2.45) is 0 Å². The van der Waals surface area contributed by atoms with Crippen LogP contribution in [0.4, 0.5) is 0 Å². The molecule has 1 fully saturated rings. The van der Waals surface area contributed by atoms with E-state index in [0.717, 1.165) is 31.7 Å². The largest absolute Gasteiger partial charge is 0.341 e. The van der Waals surface area contributed by atoms with E-state index < -0.39 is 0 Å². The molecule has 1 aromatic heterocycles. The molecule has 18 heavy (non-hydrogen) atoms. The molecular formula is C14H21N3O. The molecular weight excluding hydrogens is 226 g/mol. The van der Waals surface area contributed by atoms with Gasteiger partial charge in [0.15, 0.2) is 0 Å². The number of aromatic nitrogens is 1. The molecule has 1 aliphatic rings. The number of carbonyl (C=O) groups is 1. The minimum Gasteiger partial charge on any atom is -0.341 e. The average Bonchev–Trinajstić information content (AvgIpc) is 2.74. The Hall–Kier alpha value is -1.42. The topological polar surface area (TPSA) is 45.2 Å². The maximum absolute atomic E-state index is 11.5. The molecule has 1 unspecified atom stereocenters. The highest BCUT2D eigenvalue weighted by Crippen LogP contribution is 2.10. The number of carbonyl (C=O) groups excluding carboxylic acids is 1. The predicted octanol–water partition coefficient (Wildman–Crippen LogP) is 1.49. The summed E-state index contributed by atoms with van der Waals surface area (Å²) < 4.78 is 0. The van der Waals surface area contributed by atoms with E-state index in [0.29, 0.717) is 18.4 Å². The Morgan fingerprint density at radius 2 is 2.33 bits per heavy atom. The Kier molecular flexibility index (Phi) is 4.31. The average molecular weight is 247 g/mol. The zero-order chi connectivity index (χ0) is 13.0. The number of rotatable bonds is 5. The van der Waals surface area contributed by atoms with Gasteiger partial charge < -0.3 is 10.2 Å². The van der Waals surface area contributed by atoms with E-state index in [2.05, 4.69) is 23.3 Å². The van der Waals surface area contributed by atoms with Crippen LogP contribution in [0.1, 0.15) is 31.0 Å². The number of nitrogens with one attached hydrogen (secondary N) is 1. The summed E-state index contributed by atoms with van der Waals surface area (Å²) in [7, 11) is 0. The quantitative estimate of drug-likeness (QED) is 0.857. The molecule has 0 spiro atoms. The van der Waals surface area contributed by atoms with Crippen molar-refractivity contribution >= 4 is 5.91 Å². The second kappa shape index (κ2) is 5.96. The summed E-state index contributed by atoms with van der Waals surface area (Å²) in [5.41, 5.74) is 2.22. The molecule has 2 rings (SSSR count). The van der Waals surface area contributed by atoms with Crippen LogP contribution in [-0.4, -0.2) is 34.9 Å². The van der Waals surface area contributed by atoms with Gasteiger partial charge in [0, 0.05) is 44.0 Å². The molecule has 1 aromatic rings. The second-order valence-corrected chi connectivity index (χ2v) is 5.03. The first-order valence-corrected chi connectivity index (χ1v) is 6.58. The summed E-state index contributed by atoms with van der Waals surface area (Å²) in [5, 5.41) is 3.43.